The van der Waals surface area contributed by atoms with Crippen LogP contribution in [0.15, 0.2) is 4.79 Å². The number of aryl methyl sites for hydroxylation is 1. The highest BCUT2D eigenvalue weighted by molar-refractivity contribution is 9.18. The second kappa shape index (κ2) is 4.86. The number of hydrogen-bond acceptors (Lipinski definition) is 4. The number of rotatable bonds is 3. The summed E-state index contributed by atoms with van der Waals surface area (Å²) in [6.07, 6.45) is -4.46. The van der Waals surface area contributed by atoms with Gasteiger partial charge in [-0.1, -0.05) is 0 Å². The molecule has 0 spiro atoms. The molecule has 0 bridgehead atoms. The van der Waals surface area contributed by atoms with Gasteiger partial charge in [-0.2, -0.15) is 13.2 Å². The van der Waals surface area contributed by atoms with E-state index in [-0.39, 0.29) is 21.8 Å². The van der Waals surface area contributed by atoms with Gasteiger partial charge in [0.1, 0.15) is 28.4 Å². The summed E-state index contributed by atoms with van der Waals surface area (Å²) in [6.45, 7) is 0.0997. The molecule has 94 valence electrons. The van der Waals surface area contributed by atoms with Crippen molar-refractivity contribution in [3.05, 3.63) is 21.9 Å². The summed E-state index contributed by atoms with van der Waals surface area (Å²) in [4.78, 5) is 17.5. The minimum atomic E-state index is -4.46. The first-order valence-electron chi connectivity index (χ1n) is 4.36. The molecule has 1 rings (SSSR count). The van der Waals surface area contributed by atoms with Crippen molar-refractivity contribution < 1.29 is 13.2 Å². The Morgan fingerprint density at radius 2 is 2.18 bits per heavy atom. The molecule has 0 unspecified atom stereocenters. The van der Waals surface area contributed by atoms with Gasteiger partial charge in [-0.25, -0.2) is 4.98 Å². The van der Waals surface area contributed by atoms with Gasteiger partial charge in [-0.05, 0) is 22.9 Å². The Morgan fingerprint density at radius 1 is 1.59 bits per heavy atom. The molecule has 5 nitrogen and oxygen atoms in total. The van der Waals surface area contributed by atoms with Crippen LogP contribution in [-0.2, 0) is 0 Å². The Balaban J connectivity index is 3.14. The first-order chi connectivity index (χ1) is 7.70. The predicted molar refractivity (Wildman–Crippen MR) is 59.9 cm³/mol. The Morgan fingerprint density at radius 3 is 2.65 bits per heavy atom. The number of halogens is 4. The second-order valence-electron chi connectivity index (χ2n) is 3.16. The zero-order valence-electron chi connectivity index (χ0n) is 8.57. The van der Waals surface area contributed by atoms with Gasteiger partial charge in [0.15, 0.2) is 0 Å². The SMILES string of the molecule is Cc1nc(C(=N)Br)c(NCC(F)(F)F)c(=O)[nH]1. The highest BCUT2D eigenvalue weighted by Crippen LogP contribution is 2.17. The van der Waals surface area contributed by atoms with Crippen LogP contribution in [0.2, 0.25) is 0 Å². The molecule has 0 radical (unpaired) electrons. The van der Waals surface area contributed by atoms with Crippen LogP contribution in [0.5, 0.6) is 0 Å². The number of nitrogens with one attached hydrogen (secondary N) is 3. The fourth-order valence-electron chi connectivity index (χ4n) is 1.10. The van der Waals surface area contributed by atoms with Crippen LogP contribution in [-0.4, -0.2) is 27.3 Å². The number of anilines is 1. The first-order valence-corrected chi connectivity index (χ1v) is 5.16. The molecule has 0 aliphatic heterocycles. The van der Waals surface area contributed by atoms with Crippen LogP contribution in [0, 0.1) is 12.3 Å². The van der Waals surface area contributed by atoms with E-state index in [1.807, 2.05) is 5.32 Å². The van der Waals surface area contributed by atoms with Crippen molar-refractivity contribution >= 4 is 26.2 Å². The van der Waals surface area contributed by atoms with E-state index in [4.69, 9.17) is 5.41 Å². The molecule has 0 aromatic carbocycles. The third kappa shape index (κ3) is 3.84. The molecule has 1 aromatic rings. The van der Waals surface area contributed by atoms with Crippen molar-refractivity contribution in [2.24, 2.45) is 0 Å². The third-order valence-corrected chi connectivity index (χ3v) is 2.09. The molecule has 0 fully saturated rings. The molecule has 0 saturated carbocycles. The fraction of sp³-hybridized carbons (Fsp3) is 0.375. The summed E-state index contributed by atoms with van der Waals surface area (Å²) in [5.74, 6) is 0.215. The Labute approximate surface area is 102 Å². The maximum Gasteiger partial charge on any atom is 0.405 e. The largest absolute Gasteiger partial charge is 0.405 e. The average Bonchev–Trinajstić information content (AvgIpc) is 2.13. The van der Waals surface area contributed by atoms with E-state index >= 15 is 0 Å². The lowest BCUT2D eigenvalue weighted by Gasteiger charge is -2.11. The summed E-state index contributed by atoms with van der Waals surface area (Å²) < 4.78 is 35.8. The second-order valence-corrected chi connectivity index (χ2v) is 3.95. The number of alkyl halides is 3. The van der Waals surface area contributed by atoms with Gasteiger partial charge >= 0.3 is 6.18 Å². The smallest absolute Gasteiger partial charge is 0.370 e. The quantitative estimate of drug-likeness (QED) is 0.744. The molecule has 1 heterocycles. The Hall–Kier alpha value is -1.38. The fourth-order valence-corrected chi connectivity index (χ4v) is 1.38. The summed E-state index contributed by atoms with van der Waals surface area (Å²) in [7, 11) is 0. The molecule has 1 aromatic heterocycles. The third-order valence-electron chi connectivity index (χ3n) is 1.71. The van der Waals surface area contributed by atoms with Crippen molar-refractivity contribution in [2.75, 3.05) is 11.9 Å². The van der Waals surface area contributed by atoms with Crippen LogP contribution in [0.1, 0.15) is 11.5 Å². The molecule has 0 amide bonds. The van der Waals surface area contributed by atoms with Gasteiger partial charge in [-0.3, -0.25) is 10.2 Å². The summed E-state index contributed by atoms with van der Waals surface area (Å²) in [5, 5.41) is 9.21. The van der Waals surface area contributed by atoms with Crippen molar-refractivity contribution in [1.82, 2.24) is 9.97 Å². The molecular formula is C8H8BrF3N4O. The topological polar surface area (TPSA) is 81.6 Å². The van der Waals surface area contributed by atoms with Gasteiger partial charge in [0.05, 0.1) is 0 Å². The molecule has 0 atom stereocenters. The van der Waals surface area contributed by atoms with E-state index in [1.165, 1.54) is 6.92 Å². The van der Waals surface area contributed by atoms with E-state index in [0.29, 0.717) is 0 Å². The maximum absolute atomic E-state index is 12.0. The van der Waals surface area contributed by atoms with Crippen LogP contribution in [0.25, 0.3) is 0 Å². The van der Waals surface area contributed by atoms with Crippen molar-refractivity contribution in [2.45, 2.75) is 13.1 Å². The summed E-state index contributed by atoms with van der Waals surface area (Å²) >= 11 is 2.77. The van der Waals surface area contributed by atoms with Crippen molar-refractivity contribution in [3.63, 3.8) is 0 Å². The number of aromatic nitrogens is 2. The molecular weight excluding hydrogens is 305 g/mol. The van der Waals surface area contributed by atoms with Crippen LogP contribution in [0.3, 0.4) is 0 Å². The number of hydrogen-bond donors (Lipinski definition) is 3. The van der Waals surface area contributed by atoms with Gasteiger partial charge in [0.25, 0.3) is 5.56 Å². The van der Waals surface area contributed by atoms with Crippen LogP contribution >= 0.6 is 15.9 Å². The van der Waals surface area contributed by atoms with Gasteiger partial charge < -0.3 is 10.3 Å². The van der Waals surface area contributed by atoms with Crippen molar-refractivity contribution in [3.8, 4) is 0 Å². The zero-order chi connectivity index (χ0) is 13.2. The lowest BCUT2D eigenvalue weighted by Crippen LogP contribution is -2.27. The Bertz CT molecular complexity index is 497. The molecule has 3 N–H and O–H groups in total. The summed E-state index contributed by atoms with van der Waals surface area (Å²) in [5.41, 5.74) is -1.29. The molecule has 0 aliphatic rings. The van der Waals surface area contributed by atoms with E-state index in [1.54, 1.807) is 0 Å². The van der Waals surface area contributed by atoms with E-state index in [2.05, 4.69) is 25.9 Å². The predicted octanol–water partition coefficient (Wildman–Crippen LogP) is 1.77. The van der Waals surface area contributed by atoms with Crippen LogP contribution in [0.4, 0.5) is 18.9 Å². The maximum atomic E-state index is 12.0. The molecule has 0 aliphatic carbocycles. The average molecular weight is 313 g/mol. The van der Waals surface area contributed by atoms with Gasteiger partial charge in [0, 0.05) is 0 Å². The number of H-pyrrole nitrogens is 1. The highest BCUT2D eigenvalue weighted by Gasteiger charge is 2.28. The van der Waals surface area contributed by atoms with Crippen molar-refractivity contribution in [1.29, 1.82) is 5.41 Å². The number of nitrogens with zero attached hydrogens (tertiary/aromatic N) is 1. The van der Waals surface area contributed by atoms with E-state index in [9.17, 15) is 18.0 Å². The molecule has 17 heavy (non-hydrogen) atoms. The Kier molecular flexibility index (Phi) is 3.91. The van der Waals surface area contributed by atoms with Crippen LogP contribution < -0.4 is 10.9 Å². The minimum Gasteiger partial charge on any atom is -0.370 e. The summed E-state index contributed by atoms with van der Waals surface area (Å²) in [6, 6.07) is 0. The standard InChI is InChI=1S/C8H8BrF3N4O/c1-3-15-4(6(9)13)5(7(17)16-3)14-2-8(10,11)12/h13-14H,2H2,1H3,(H,15,16,17). The van der Waals surface area contributed by atoms with E-state index in [0.717, 1.165) is 0 Å². The van der Waals surface area contributed by atoms with Gasteiger partial charge in [-0.15, -0.1) is 0 Å². The highest BCUT2D eigenvalue weighted by atomic mass is 79.9. The van der Waals surface area contributed by atoms with Gasteiger partial charge in [0.2, 0.25) is 0 Å². The molecule has 9 heteroatoms. The van der Waals surface area contributed by atoms with E-state index < -0.39 is 18.3 Å². The first kappa shape index (κ1) is 13.7. The monoisotopic (exact) mass is 312 g/mol. The normalized spacial score (nSPS) is 11.4. The molecule has 0 saturated heterocycles. The lowest BCUT2D eigenvalue weighted by atomic mass is 10.3. The lowest BCUT2D eigenvalue weighted by molar-refractivity contribution is -0.115. The zero-order valence-corrected chi connectivity index (χ0v) is 10.2. The minimum absolute atomic E-state index is 0.157. The number of aromatic amines is 1.